The third-order valence-electron chi connectivity index (χ3n) is 3.25. The summed E-state index contributed by atoms with van der Waals surface area (Å²) < 4.78 is 29.1. The van der Waals surface area contributed by atoms with Crippen molar-refractivity contribution >= 4 is 26.3 Å². The first-order valence-electron chi connectivity index (χ1n) is 6.74. The molecule has 0 aliphatic heterocycles. The highest BCUT2D eigenvalue weighted by Crippen LogP contribution is 2.18. The van der Waals surface area contributed by atoms with Crippen LogP contribution in [0.1, 0.15) is 21.8 Å². The van der Waals surface area contributed by atoms with Crippen LogP contribution in [0.4, 0.5) is 0 Å². The summed E-state index contributed by atoms with van der Waals surface area (Å²) in [6, 6.07) is 5.38. The van der Waals surface area contributed by atoms with Gasteiger partial charge in [-0.05, 0) is 38.0 Å². The molecule has 22 heavy (non-hydrogen) atoms. The van der Waals surface area contributed by atoms with Crippen LogP contribution in [0.25, 0.3) is 4.96 Å². The van der Waals surface area contributed by atoms with Gasteiger partial charge in [0, 0.05) is 0 Å². The number of hydrogen-bond acceptors (Lipinski definition) is 5. The zero-order valence-corrected chi connectivity index (χ0v) is 14.1. The van der Waals surface area contributed by atoms with E-state index in [0.29, 0.717) is 9.90 Å². The molecule has 0 bridgehead atoms. The Morgan fingerprint density at radius 2 is 2.05 bits per heavy atom. The molecule has 2 aromatic heterocycles. The average Bonchev–Trinajstić information content (AvgIpc) is 2.96. The van der Waals surface area contributed by atoms with Gasteiger partial charge < -0.3 is 0 Å². The molecule has 116 valence electrons. The molecule has 0 radical (unpaired) electrons. The van der Waals surface area contributed by atoms with Crippen LogP contribution < -0.4 is 4.72 Å². The van der Waals surface area contributed by atoms with Gasteiger partial charge in [0.2, 0.25) is 15.0 Å². The van der Waals surface area contributed by atoms with Gasteiger partial charge in [0.1, 0.15) is 5.01 Å². The van der Waals surface area contributed by atoms with Gasteiger partial charge in [-0.25, -0.2) is 22.6 Å². The highest BCUT2D eigenvalue weighted by molar-refractivity contribution is 7.89. The number of nitrogens with zero attached hydrogens (tertiary/aromatic N) is 3. The van der Waals surface area contributed by atoms with E-state index >= 15 is 0 Å². The Bertz CT molecular complexity index is 910. The van der Waals surface area contributed by atoms with Gasteiger partial charge in [-0.2, -0.15) is 5.10 Å². The van der Waals surface area contributed by atoms with E-state index in [1.807, 2.05) is 32.2 Å². The molecule has 1 aromatic carbocycles. The van der Waals surface area contributed by atoms with Crippen molar-refractivity contribution in [3.05, 3.63) is 46.2 Å². The second-order valence-corrected chi connectivity index (χ2v) is 7.97. The third-order valence-corrected chi connectivity index (χ3v) is 5.72. The van der Waals surface area contributed by atoms with Crippen LogP contribution in [0, 0.1) is 20.8 Å². The van der Waals surface area contributed by atoms with Gasteiger partial charge in [0.15, 0.2) is 0 Å². The van der Waals surface area contributed by atoms with Gasteiger partial charge in [0.05, 0.1) is 23.3 Å². The molecule has 3 rings (SSSR count). The highest BCUT2D eigenvalue weighted by atomic mass is 32.2. The van der Waals surface area contributed by atoms with Crippen molar-refractivity contribution in [2.45, 2.75) is 32.2 Å². The fraction of sp³-hybridized carbons (Fsp3) is 0.286. The fourth-order valence-electron chi connectivity index (χ4n) is 2.15. The lowest BCUT2D eigenvalue weighted by Gasteiger charge is -2.09. The lowest BCUT2D eigenvalue weighted by atomic mass is 10.2. The first-order valence-corrected chi connectivity index (χ1v) is 9.04. The molecule has 0 saturated carbocycles. The number of imidazole rings is 1. The fourth-order valence-corrected chi connectivity index (χ4v) is 4.42. The summed E-state index contributed by atoms with van der Waals surface area (Å²) in [5.41, 5.74) is 2.53. The molecule has 3 aromatic rings. The molecular weight excluding hydrogens is 320 g/mol. The van der Waals surface area contributed by atoms with Crippen molar-refractivity contribution in [1.29, 1.82) is 0 Å². The maximum atomic E-state index is 12.4. The van der Waals surface area contributed by atoms with Gasteiger partial charge in [-0.1, -0.05) is 23.5 Å². The Balaban J connectivity index is 1.82. The van der Waals surface area contributed by atoms with Crippen LogP contribution in [0.3, 0.4) is 0 Å². The molecule has 0 aliphatic carbocycles. The smallest absolute Gasteiger partial charge is 0.223 e. The van der Waals surface area contributed by atoms with E-state index in [2.05, 4.69) is 14.8 Å². The first kappa shape index (κ1) is 15.1. The Labute approximate surface area is 132 Å². The van der Waals surface area contributed by atoms with E-state index in [9.17, 15) is 8.42 Å². The highest BCUT2D eigenvalue weighted by Gasteiger charge is 2.18. The lowest BCUT2D eigenvalue weighted by Crippen LogP contribution is -2.24. The number of aromatic nitrogens is 3. The van der Waals surface area contributed by atoms with Crippen molar-refractivity contribution in [3.63, 3.8) is 0 Å². The zero-order valence-electron chi connectivity index (χ0n) is 12.5. The molecule has 2 heterocycles. The minimum Gasteiger partial charge on any atom is -0.223 e. The molecule has 0 atom stereocenters. The van der Waals surface area contributed by atoms with Crippen molar-refractivity contribution < 1.29 is 8.42 Å². The number of nitrogens with one attached hydrogen (secondary N) is 1. The van der Waals surface area contributed by atoms with E-state index in [0.717, 1.165) is 21.8 Å². The van der Waals surface area contributed by atoms with Crippen LogP contribution in [0.2, 0.25) is 0 Å². The van der Waals surface area contributed by atoms with Crippen LogP contribution >= 0.6 is 11.3 Å². The van der Waals surface area contributed by atoms with Crippen LogP contribution in [0.5, 0.6) is 0 Å². The van der Waals surface area contributed by atoms with Gasteiger partial charge in [-0.3, -0.25) is 0 Å². The SMILES string of the molecule is Cc1ccc(C)c(S(=O)(=O)NCc2nn3cc(C)nc3s2)c1. The van der Waals surface area contributed by atoms with Crippen LogP contribution in [0.15, 0.2) is 29.3 Å². The van der Waals surface area contributed by atoms with E-state index in [4.69, 9.17) is 0 Å². The monoisotopic (exact) mass is 336 g/mol. The molecule has 0 spiro atoms. The van der Waals surface area contributed by atoms with Crippen molar-refractivity contribution in [3.8, 4) is 0 Å². The summed E-state index contributed by atoms with van der Waals surface area (Å²) in [5, 5.41) is 4.99. The van der Waals surface area contributed by atoms with Gasteiger partial charge in [-0.15, -0.1) is 0 Å². The van der Waals surface area contributed by atoms with E-state index in [-0.39, 0.29) is 6.54 Å². The minimum atomic E-state index is -3.55. The first-order chi connectivity index (χ1) is 10.3. The predicted molar refractivity (Wildman–Crippen MR) is 85.5 cm³/mol. The van der Waals surface area contributed by atoms with Crippen LogP contribution in [-0.4, -0.2) is 23.0 Å². The Hall–Kier alpha value is -1.77. The van der Waals surface area contributed by atoms with E-state index in [1.165, 1.54) is 11.3 Å². The Morgan fingerprint density at radius 1 is 1.27 bits per heavy atom. The predicted octanol–water partition coefficient (Wildman–Crippen LogP) is 2.19. The number of sulfonamides is 1. The number of hydrogen-bond donors (Lipinski definition) is 1. The molecule has 0 unspecified atom stereocenters. The summed E-state index contributed by atoms with van der Waals surface area (Å²) in [7, 11) is -3.55. The topological polar surface area (TPSA) is 76.4 Å². The van der Waals surface area contributed by atoms with Gasteiger partial charge in [0.25, 0.3) is 0 Å². The number of fused-ring (bicyclic) bond motifs is 1. The average molecular weight is 336 g/mol. The normalized spacial score (nSPS) is 12.1. The second kappa shape index (κ2) is 5.45. The standard InChI is InChI=1S/C14H16N4O2S2/c1-9-4-5-10(2)12(6-9)22(19,20)15-7-13-17-18-8-11(3)16-14(18)21-13/h4-6,8,15H,7H2,1-3H3. The molecule has 0 fully saturated rings. The summed E-state index contributed by atoms with van der Waals surface area (Å²) >= 11 is 1.38. The number of aryl methyl sites for hydroxylation is 3. The van der Waals surface area contributed by atoms with Crippen molar-refractivity contribution in [2.75, 3.05) is 0 Å². The number of rotatable bonds is 4. The molecule has 0 saturated heterocycles. The molecule has 1 N–H and O–H groups in total. The molecule has 0 amide bonds. The summed E-state index contributed by atoms with van der Waals surface area (Å²) in [4.78, 5) is 5.38. The molecule has 0 aliphatic rings. The zero-order chi connectivity index (χ0) is 15.9. The third kappa shape index (κ3) is 2.90. The maximum absolute atomic E-state index is 12.4. The Morgan fingerprint density at radius 3 is 2.77 bits per heavy atom. The number of benzene rings is 1. The summed E-state index contributed by atoms with van der Waals surface area (Å²) in [5.74, 6) is 0. The van der Waals surface area contributed by atoms with Crippen molar-refractivity contribution in [1.82, 2.24) is 19.3 Å². The van der Waals surface area contributed by atoms with E-state index < -0.39 is 10.0 Å². The molecule has 8 heteroatoms. The van der Waals surface area contributed by atoms with E-state index in [1.54, 1.807) is 17.5 Å². The minimum absolute atomic E-state index is 0.156. The molecular formula is C14H16N4O2S2. The molecule has 6 nitrogen and oxygen atoms in total. The van der Waals surface area contributed by atoms with Crippen molar-refractivity contribution in [2.24, 2.45) is 0 Å². The maximum Gasteiger partial charge on any atom is 0.241 e. The lowest BCUT2D eigenvalue weighted by molar-refractivity contribution is 0.580. The summed E-state index contributed by atoms with van der Waals surface area (Å²) in [6.45, 7) is 5.71. The van der Waals surface area contributed by atoms with Gasteiger partial charge >= 0.3 is 0 Å². The van der Waals surface area contributed by atoms with Crippen LogP contribution in [-0.2, 0) is 16.6 Å². The summed E-state index contributed by atoms with van der Waals surface area (Å²) in [6.07, 6.45) is 1.81. The quantitative estimate of drug-likeness (QED) is 0.792. The Kier molecular flexibility index (Phi) is 3.75. The largest absolute Gasteiger partial charge is 0.241 e. The second-order valence-electron chi connectivity index (χ2n) is 5.20.